The SMILES string of the molecule is Nc1cc(F)c(F)c(S(=O)(=O)NCC(=O)O)c1. The molecular weight excluding hydrogens is 258 g/mol. The first-order valence-corrected chi connectivity index (χ1v) is 5.68. The van der Waals surface area contributed by atoms with Gasteiger partial charge in [-0.25, -0.2) is 17.2 Å². The van der Waals surface area contributed by atoms with E-state index in [2.05, 4.69) is 0 Å². The van der Waals surface area contributed by atoms with Gasteiger partial charge in [-0.05, 0) is 12.1 Å². The Hall–Kier alpha value is -1.74. The number of anilines is 1. The fraction of sp³-hybridized carbons (Fsp3) is 0.125. The van der Waals surface area contributed by atoms with Gasteiger partial charge in [0.25, 0.3) is 0 Å². The zero-order valence-electron chi connectivity index (χ0n) is 8.28. The molecule has 0 unspecified atom stereocenters. The monoisotopic (exact) mass is 266 g/mol. The van der Waals surface area contributed by atoms with E-state index in [4.69, 9.17) is 10.8 Å². The highest BCUT2D eigenvalue weighted by atomic mass is 32.2. The molecular formula is C8H8F2N2O4S. The third kappa shape index (κ3) is 3.11. The molecule has 0 amide bonds. The lowest BCUT2D eigenvalue weighted by atomic mass is 10.3. The van der Waals surface area contributed by atoms with Crippen LogP contribution in [-0.4, -0.2) is 26.0 Å². The quantitative estimate of drug-likeness (QED) is 0.660. The molecule has 0 fully saturated rings. The number of rotatable bonds is 4. The molecule has 4 N–H and O–H groups in total. The summed E-state index contributed by atoms with van der Waals surface area (Å²) in [5.74, 6) is -4.50. The minimum Gasteiger partial charge on any atom is -0.480 e. The van der Waals surface area contributed by atoms with Gasteiger partial charge >= 0.3 is 5.97 Å². The average molecular weight is 266 g/mol. The van der Waals surface area contributed by atoms with Crippen molar-refractivity contribution in [2.24, 2.45) is 0 Å². The lowest BCUT2D eigenvalue weighted by Crippen LogP contribution is -2.30. The van der Waals surface area contributed by atoms with Crippen LogP contribution in [0.2, 0.25) is 0 Å². The number of carboxylic acids is 1. The number of benzene rings is 1. The lowest BCUT2D eigenvalue weighted by molar-refractivity contribution is -0.135. The Morgan fingerprint density at radius 2 is 2.00 bits per heavy atom. The molecule has 0 atom stereocenters. The molecule has 0 radical (unpaired) electrons. The van der Waals surface area contributed by atoms with Crippen LogP contribution in [0.5, 0.6) is 0 Å². The Morgan fingerprint density at radius 1 is 1.41 bits per heavy atom. The highest BCUT2D eigenvalue weighted by Crippen LogP contribution is 2.20. The Labute approximate surface area is 95.1 Å². The van der Waals surface area contributed by atoms with Crippen LogP contribution in [0.4, 0.5) is 14.5 Å². The van der Waals surface area contributed by atoms with Gasteiger partial charge in [0.05, 0.1) is 0 Å². The molecule has 0 saturated heterocycles. The molecule has 9 heteroatoms. The van der Waals surface area contributed by atoms with Gasteiger partial charge in [-0.15, -0.1) is 0 Å². The summed E-state index contributed by atoms with van der Waals surface area (Å²) in [4.78, 5) is 9.15. The zero-order chi connectivity index (χ0) is 13.2. The highest BCUT2D eigenvalue weighted by Gasteiger charge is 2.23. The standard InChI is InChI=1S/C8H8F2N2O4S/c9-5-1-4(11)2-6(8(5)10)17(15,16)12-3-7(13)14/h1-2,12H,3,11H2,(H,13,14). The molecule has 0 aliphatic rings. The second-order valence-corrected chi connectivity index (χ2v) is 4.77. The first-order chi connectivity index (χ1) is 7.74. The van der Waals surface area contributed by atoms with Gasteiger partial charge in [-0.3, -0.25) is 4.79 Å². The van der Waals surface area contributed by atoms with Gasteiger partial charge in [0.15, 0.2) is 11.6 Å². The van der Waals surface area contributed by atoms with Crippen molar-refractivity contribution >= 4 is 21.7 Å². The molecule has 1 rings (SSSR count). The van der Waals surface area contributed by atoms with Gasteiger partial charge in [0.2, 0.25) is 10.0 Å². The van der Waals surface area contributed by atoms with E-state index in [1.165, 1.54) is 0 Å². The maximum absolute atomic E-state index is 13.2. The number of hydrogen-bond donors (Lipinski definition) is 3. The van der Waals surface area contributed by atoms with E-state index >= 15 is 0 Å². The zero-order valence-corrected chi connectivity index (χ0v) is 9.09. The van der Waals surface area contributed by atoms with Crippen LogP contribution in [0.3, 0.4) is 0 Å². The van der Waals surface area contributed by atoms with Crippen LogP contribution in [0.25, 0.3) is 0 Å². The number of halogens is 2. The molecule has 1 aromatic rings. The molecule has 0 saturated carbocycles. The van der Waals surface area contributed by atoms with Gasteiger partial charge in [-0.2, -0.15) is 4.72 Å². The predicted molar refractivity (Wildman–Crippen MR) is 53.6 cm³/mol. The summed E-state index contributed by atoms with van der Waals surface area (Å²) in [6.07, 6.45) is 0. The molecule has 0 aliphatic carbocycles. The van der Waals surface area contributed by atoms with E-state index in [9.17, 15) is 22.0 Å². The van der Waals surface area contributed by atoms with E-state index in [-0.39, 0.29) is 5.69 Å². The summed E-state index contributed by atoms with van der Waals surface area (Å²) in [6, 6.07) is 1.31. The minimum absolute atomic E-state index is 0.292. The molecule has 94 valence electrons. The minimum atomic E-state index is -4.46. The number of carboxylic acid groups (broad SMARTS) is 1. The van der Waals surface area contributed by atoms with Crippen molar-refractivity contribution in [3.63, 3.8) is 0 Å². The predicted octanol–water partition coefficient (Wildman–Crippen LogP) is -0.0901. The number of aliphatic carboxylic acids is 1. The summed E-state index contributed by atoms with van der Waals surface area (Å²) < 4.78 is 50.5. The third-order valence-corrected chi connectivity index (χ3v) is 3.12. The smallest absolute Gasteiger partial charge is 0.318 e. The Balaban J connectivity index is 3.19. The fourth-order valence-electron chi connectivity index (χ4n) is 1.01. The molecule has 17 heavy (non-hydrogen) atoms. The second kappa shape index (κ2) is 4.63. The van der Waals surface area contributed by atoms with Crippen molar-refractivity contribution in [2.45, 2.75) is 4.90 Å². The van der Waals surface area contributed by atoms with Crippen molar-refractivity contribution in [1.82, 2.24) is 4.72 Å². The number of hydrogen-bond acceptors (Lipinski definition) is 4. The number of carbonyl (C=O) groups is 1. The van der Waals surface area contributed by atoms with Crippen LogP contribution in [-0.2, 0) is 14.8 Å². The van der Waals surface area contributed by atoms with Crippen molar-refractivity contribution in [1.29, 1.82) is 0 Å². The normalized spacial score (nSPS) is 11.4. The summed E-state index contributed by atoms with van der Waals surface area (Å²) in [7, 11) is -4.46. The first-order valence-electron chi connectivity index (χ1n) is 4.20. The summed E-state index contributed by atoms with van der Waals surface area (Å²) in [5.41, 5.74) is 4.87. The molecule has 0 heterocycles. The van der Waals surface area contributed by atoms with Crippen LogP contribution in [0.1, 0.15) is 0 Å². The van der Waals surface area contributed by atoms with Crippen LogP contribution in [0, 0.1) is 11.6 Å². The molecule has 0 aliphatic heterocycles. The van der Waals surface area contributed by atoms with Gasteiger partial charge < -0.3 is 10.8 Å². The summed E-state index contributed by atoms with van der Waals surface area (Å²) in [5, 5.41) is 8.28. The lowest BCUT2D eigenvalue weighted by Gasteiger charge is -2.07. The Kier molecular flexibility index (Phi) is 3.63. The fourth-order valence-corrected chi connectivity index (χ4v) is 2.11. The van der Waals surface area contributed by atoms with Gasteiger partial charge in [0, 0.05) is 5.69 Å². The average Bonchev–Trinajstić information content (AvgIpc) is 2.20. The molecule has 0 spiro atoms. The van der Waals surface area contributed by atoms with Crippen molar-refractivity contribution in [3.05, 3.63) is 23.8 Å². The highest BCUT2D eigenvalue weighted by molar-refractivity contribution is 7.89. The van der Waals surface area contributed by atoms with Crippen molar-refractivity contribution in [2.75, 3.05) is 12.3 Å². The molecule has 6 nitrogen and oxygen atoms in total. The number of nitrogen functional groups attached to an aromatic ring is 1. The van der Waals surface area contributed by atoms with Crippen molar-refractivity contribution in [3.8, 4) is 0 Å². The van der Waals surface area contributed by atoms with E-state index in [0.29, 0.717) is 12.1 Å². The topological polar surface area (TPSA) is 109 Å². The van der Waals surface area contributed by atoms with Gasteiger partial charge in [0.1, 0.15) is 11.4 Å². The second-order valence-electron chi connectivity index (χ2n) is 3.03. The van der Waals surface area contributed by atoms with Crippen LogP contribution >= 0.6 is 0 Å². The van der Waals surface area contributed by atoms with E-state index in [0.717, 1.165) is 0 Å². The molecule has 0 bridgehead atoms. The Morgan fingerprint density at radius 3 is 2.53 bits per heavy atom. The maximum atomic E-state index is 13.2. The molecule has 0 aromatic heterocycles. The largest absolute Gasteiger partial charge is 0.480 e. The summed E-state index contributed by atoms with van der Waals surface area (Å²) >= 11 is 0. The number of sulfonamides is 1. The van der Waals surface area contributed by atoms with E-state index in [1.807, 2.05) is 0 Å². The Bertz CT molecular complexity index is 559. The first kappa shape index (κ1) is 13.3. The number of nitrogens with two attached hydrogens (primary N) is 1. The van der Waals surface area contributed by atoms with Crippen molar-refractivity contribution < 1.29 is 27.1 Å². The number of nitrogens with one attached hydrogen (secondary N) is 1. The summed E-state index contributed by atoms with van der Waals surface area (Å²) in [6.45, 7) is -0.946. The third-order valence-electron chi connectivity index (χ3n) is 1.72. The maximum Gasteiger partial charge on any atom is 0.318 e. The van der Waals surface area contributed by atoms with Crippen LogP contribution in [0.15, 0.2) is 17.0 Å². The van der Waals surface area contributed by atoms with Gasteiger partial charge in [-0.1, -0.05) is 0 Å². The van der Waals surface area contributed by atoms with E-state index in [1.54, 1.807) is 4.72 Å². The van der Waals surface area contributed by atoms with Crippen LogP contribution < -0.4 is 10.5 Å². The van der Waals surface area contributed by atoms with E-state index < -0.39 is 39.1 Å². The molecule has 1 aromatic carbocycles.